The van der Waals surface area contributed by atoms with Crippen molar-refractivity contribution in [2.45, 2.75) is 25.3 Å². The predicted octanol–water partition coefficient (Wildman–Crippen LogP) is 1.24. The van der Waals surface area contributed by atoms with Gasteiger partial charge in [0, 0.05) is 31.1 Å². The van der Waals surface area contributed by atoms with Crippen LogP contribution in [0.2, 0.25) is 0 Å². The quantitative estimate of drug-likeness (QED) is 0.802. The first-order chi connectivity index (χ1) is 12.4. The van der Waals surface area contributed by atoms with Gasteiger partial charge in [-0.25, -0.2) is 8.42 Å². The monoisotopic (exact) mass is 376 g/mol. The van der Waals surface area contributed by atoms with Crippen molar-refractivity contribution < 1.29 is 18.0 Å². The van der Waals surface area contributed by atoms with Gasteiger partial charge in [-0.05, 0) is 30.9 Å². The van der Waals surface area contributed by atoms with E-state index < -0.39 is 9.84 Å². The van der Waals surface area contributed by atoms with Gasteiger partial charge in [-0.15, -0.1) is 0 Å². The molecule has 2 amide bonds. The highest BCUT2D eigenvalue weighted by Gasteiger charge is 2.32. The van der Waals surface area contributed by atoms with Crippen molar-refractivity contribution in [2.75, 3.05) is 24.6 Å². The van der Waals surface area contributed by atoms with Crippen molar-refractivity contribution in [1.29, 1.82) is 0 Å². The first-order valence-corrected chi connectivity index (χ1v) is 10.8. The molecule has 2 aliphatic rings. The maximum Gasteiger partial charge on any atom is 0.246 e. The standard InChI is InChI=1S/C19H24N2O4S/c22-18(7-6-15-4-2-1-3-5-15)21-11-8-16(9-12-21)19(23)20-17-10-13-26(24,25)14-17/h1-7,16-17H,8-14H2,(H,20,23)/b7-6+. The smallest absolute Gasteiger partial charge is 0.246 e. The average Bonchev–Trinajstić information content (AvgIpc) is 2.99. The number of amides is 2. The number of sulfone groups is 1. The first kappa shape index (κ1) is 18.6. The number of nitrogens with one attached hydrogen (secondary N) is 1. The third-order valence-electron chi connectivity index (χ3n) is 4.97. The summed E-state index contributed by atoms with van der Waals surface area (Å²) in [6.07, 6.45) is 5.07. The molecule has 2 saturated heterocycles. The largest absolute Gasteiger partial charge is 0.352 e. The molecule has 0 spiro atoms. The van der Waals surface area contributed by atoms with Crippen molar-refractivity contribution in [3.8, 4) is 0 Å². The van der Waals surface area contributed by atoms with Crippen molar-refractivity contribution >= 4 is 27.7 Å². The second-order valence-corrected chi connectivity index (χ2v) is 9.18. The van der Waals surface area contributed by atoms with E-state index in [9.17, 15) is 18.0 Å². The Hall–Kier alpha value is -2.15. The number of likely N-dealkylation sites (tertiary alicyclic amines) is 1. The molecule has 0 aromatic heterocycles. The summed E-state index contributed by atoms with van der Waals surface area (Å²) < 4.78 is 23.0. The molecule has 2 aliphatic heterocycles. The lowest BCUT2D eigenvalue weighted by Crippen LogP contribution is -2.45. The molecule has 1 unspecified atom stereocenters. The van der Waals surface area contributed by atoms with Crippen LogP contribution < -0.4 is 5.32 Å². The zero-order valence-corrected chi connectivity index (χ0v) is 15.5. The fourth-order valence-electron chi connectivity index (χ4n) is 3.43. The number of carbonyl (C=O) groups is 2. The minimum absolute atomic E-state index is 0.0420. The van der Waals surface area contributed by atoms with Crippen LogP contribution in [0.4, 0.5) is 0 Å². The Morgan fingerprint density at radius 3 is 2.38 bits per heavy atom. The Balaban J connectivity index is 1.45. The molecule has 2 heterocycles. The molecule has 26 heavy (non-hydrogen) atoms. The highest BCUT2D eigenvalue weighted by molar-refractivity contribution is 7.91. The van der Waals surface area contributed by atoms with Gasteiger partial charge in [-0.3, -0.25) is 9.59 Å². The van der Waals surface area contributed by atoms with Gasteiger partial charge >= 0.3 is 0 Å². The van der Waals surface area contributed by atoms with E-state index in [1.165, 1.54) is 0 Å². The number of benzene rings is 1. The molecule has 7 heteroatoms. The van der Waals surface area contributed by atoms with Gasteiger partial charge in [0.1, 0.15) is 0 Å². The lowest BCUT2D eigenvalue weighted by Gasteiger charge is -2.31. The second kappa shape index (κ2) is 8.03. The zero-order chi connectivity index (χ0) is 18.6. The lowest BCUT2D eigenvalue weighted by molar-refractivity contribution is -0.132. The fraction of sp³-hybridized carbons (Fsp3) is 0.474. The van der Waals surface area contributed by atoms with Gasteiger partial charge in [0.15, 0.2) is 9.84 Å². The van der Waals surface area contributed by atoms with Gasteiger partial charge in [-0.1, -0.05) is 30.3 Å². The van der Waals surface area contributed by atoms with Crippen LogP contribution in [-0.2, 0) is 19.4 Å². The number of hydrogen-bond acceptors (Lipinski definition) is 4. The highest BCUT2D eigenvalue weighted by Crippen LogP contribution is 2.19. The van der Waals surface area contributed by atoms with Crippen LogP contribution in [0, 0.1) is 5.92 Å². The molecule has 0 saturated carbocycles. The van der Waals surface area contributed by atoms with Crippen molar-refractivity contribution in [2.24, 2.45) is 5.92 Å². The molecule has 0 bridgehead atoms. The summed E-state index contributed by atoms with van der Waals surface area (Å²) in [4.78, 5) is 26.4. The highest BCUT2D eigenvalue weighted by atomic mass is 32.2. The lowest BCUT2D eigenvalue weighted by atomic mass is 9.95. The summed E-state index contributed by atoms with van der Waals surface area (Å²) in [6, 6.07) is 9.37. The van der Waals surface area contributed by atoms with E-state index >= 15 is 0 Å². The number of carbonyl (C=O) groups excluding carboxylic acids is 2. The van der Waals surface area contributed by atoms with Crippen LogP contribution >= 0.6 is 0 Å². The van der Waals surface area contributed by atoms with E-state index in [0.29, 0.717) is 32.4 Å². The Bertz CT molecular complexity index is 781. The van der Waals surface area contributed by atoms with Crippen LogP contribution in [0.25, 0.3) is 6.08 Å². The summed E-state index contributed by atoms with van der Waals surface area (Å²) in [6.45, 7) is 1.08. The summed E-state index contributed by atoms with van der Waals surface area (Å²) in [7, 11) is -3.00. The summed E-state index contributed by atoms with van der Waals surface area (Å²) in [5.74, 6) is -0.0898. The van der Waals surface area contributed by atoms with Crippen molar-refractivity contribution in [3.63, 3.8) is 0 Å². The van der Waals surface area contributed by atoms with Crippen LogP contribution in [0.15, 0.2) is 36.4 Å². The van der Waals surface area contributed by atoms with E-state index in [2.05, 4.69) is 5.32 Å². The maximum absolute atomic E-state index is 12.3. The Morgan fingerprint density at radius 1 is 1.08 bits per heavy atom. The predicted molar refractivity (Wildman–Crippen MR) is 100.0 cm³/mol. The number of nitrogens with zero attached hydrogens (tertiary/aromatic N) is 1. The average molecular weight is 376 g/mol. The van der Waals surface area contributed by atoms with Crippen LogP contribution in [0.5, 0.6) is 0 Å². The molecule has 0 aliphatic carbocycles. The van der Waals surface area contributed by atoms with E-state index in [-0.39, 0.29) is 35.3 Å². The molecular formula is C19H24N2O4S. The Labute approximate surface area is 154 Å². The third kappa shape index (κ3) is 4.94. The van der Waals surface area contributed by atoms with Gasteiger partial charge in [0.25, 0.3) is 0 Å². The van der Waals surface area contributed by atoms with E-state index in [4.69, 9.17) is 0 Å². The normalized spacial score (nSPS) is 23.2. The molecule has 3 rings (SSSR count). The molecule has 1 aromatic carbocycles. The van der Waals surface area contributed by atoms with Gasteiger partial charge in [0.2, 0.25) is 11.8 Å². The maximum atomic E-state index is 12.3. The summed E-state index contributed by atoms with van der Waals surface area (Å²) in [5.41, 5.74) is 0.974. The molecule has 140 valence electrons. The molecule has 6 nitrogen and oxygen atoms in total. The van der Waals surface area contributed by atoms with Gasteiger partial charge in [-0.2, -0.15) is 0 Å². The van der Waals surface area contributed by atoms with Crippen LogP contribution in [0.3, 0.4) is 0 Å². The minimum Gasteiger partial charge on any atom is -0.352 e. The Kier molecular flexibility index (Phi) is 5.76. The number of hydrogen-bond donors (Lipinski definition) is 1. The van der Waals surface area contributed by atoms with Crippen LogP contribution in [-0.4, -0.2) is 55.8 Å². The first-order valence-electron chi connectivity index (χ1n) is 8.96. The SMILES string of the molecule is O=C(NC1CCS(=O)(=O)C1)C1CCN(C(=O)/C=C/c2ccccc2)CC1. The van der Waals surface area contributed by atoms with Crippen molar-refractivity contribution in [1.82, 2.24) is 10.2 Å². The van der Waals surface area contributed by atoms with E-state index in [1.807, 2.05) is 30.3 Å². The summed E-state index contributed by atoms with van der Waals surface area (Å²) in [5, 5.41) is 2.86. The molecule has 1 N–H and O–H groups in total. The van der Waals surface area contributed by atoms with E-state index in [1.54, 1.807) is 17.1 Å². The number of rotatable bonds is 4. The number of piperidine rings is 1. The van der Waals surface area contributed by atoms with Crippen LogP contribution in [0.1, 0.15) is 24.8 Å². The second-order valence-electron chi connectivity index (χ2n) is 6.95. The van der Waals surface area contributed by atoms with Gasteiger partial charge in [0.05, 0.1) is 11.5 Å². The Morgan fingerprint density at radius 2 is 1.77 bits per heavy atom. The molecule has 1 atom stereocenters. The zero-order valence-electron chi connectivity index (χ0n) is 14.6. The topological polar surface area (TPSA) is 83.6 Å². The minimum atomic E-state index is -3.00. The van der Waals surface area contributed by atoms with Gasteiger partial charge < -0.3 is 10.2 Å². The molecule has 2 fully saturated rings. The third-order valence-corrected chi connectivity index (χ3v) is 6.74. The van der Waals surface area contributed by atoms with Crippen molar-refractivity contribution in [3.05, 3.63) is 42.0 Å². The molecule has 0 radical (unpaired) electrons. The fourth-order valence-corrected chi connectivity index (χ4v) is 5.10. The molecular weight excluding hydrogens is 352 g/mol. The van der Waals surface area contributed by atoms with E-state index in [0.717, 1.165) is 5.56 Å². The molecule has 1 aromatic rings. The summed E-state index contributed by atoms with van der Waals surface area (Å²) >= 11 is 0.